The van der Waals surface area contributed by atoms with Crippen LogP contribution in [0.15, 0.2) is 35.1 Å². The summed E-state index contributed by atoms with van der Waals surface area (Å²) in [4.78, 5) is 0. The Morgan fingerprint density at radius 3 is 3.00 bits per heavy atom. The van der Waals surface area contributed by atoms with E-state index in [4.69, 9.17) is 5.26 Å². The van der Waals surface area contributed by atoms with E-state index in [0.717, 1.165) is 22.4 Å². The first-order chi connectivity index (χ1) is 8.24. The van der Waals surface area contributed by atoms with Crippen LogP contribution in [0.3, 0.4) is 0 Å². The molecule has 17 heavy (non-hydrogen) atoms. The SMILES string of the molecule is CCn1cc(Nc2cccc(Br)c2C#N)cn1. The highest BCUT2D eigenvalue weighted by Gasteiger charge is 2.06. The molecule has 86 valence electrons. The van der Waals surface area contributed by atoms with E-state index in [2.05, 4.69) is 32.4 Å². The summed E-state index contributed by atoms with van der Waals surface area (Å²) in [5.74, 6) is 0. The summed E-state index contributed by atoms with van der Waals surface area (Å²) in [5, 5.41) is 16.4. The van der Waals surface area contributed by atoms with Gasteiger partial charge in [0.05, 0.1) is 23.1 Å². The number of aryl methyl sites for hydroxylation is 1. The van der Waals surface area contributed by atoms with Crippen LogP contribution in [0.1, 0.15) is 12.5 Å². The summed E-state index contributed by atoms with van der Waals surface area (Å²) >= 11 is 3.36. The van der Waals surface area contributed by atoms with Crippen molar-refractivity contribution in [2.45, 2.75) is 13.5 Å². The summed E-state index contributed by atoms with van der Waals surface area (Å²) in [7, 11) is 0. The quantitative estimate of drug-likeness (QED) is 0.944. The van der Waals surface area contributed by atoms with E-state index in [-0.39, 0.29) is 0 Å². The van der Waals surface area contributed by atoms with Crippen molar-refractivity contribution in [2.24, 2.45) is 0 Å². The number of hydrogen-bond donors (Lipinski definition) is 1. The number of benzene rings is 1. The Hall–Kier alpha value is -1.80. The van der Waals surface area contributed by atoms with E-state index >= 15 is 0 Å². The second kappa shape index (κ2) is 5.02. The maximum Gasteiger partial charge on any atom is 0.103 e. The molecule has 0 radical (unpaired) electrons. The van der Waals surface area contributed by atoms with E-state index in [1.165, 1.54) is 0 Å². The van der Waals surface area contributed by atoms with Crippen molar-refractivity contribution in [3.05, 3.63) is 40.6 Å². The van der Waals surface area contributed by atoms with Crippen molar-refractivity contribution in [1.29, 1.82) is 5.26 Å². The number of nitrogens with one attached hydrogen (secondary N) is 1. The average molecular weight is 291 g/mol. The Kier molecular flexibility index (Phi) is 3.45. The lowest BCUT2D eigenvalue weighted by Crippen LogP contribution is -1.94. The molecule has 0 atom stereocenters. The van der Waals surface area contributed by atoms with Gasteiger partial charge in [0.2, 0.25) is 0 Å². The van der Waals surface area contributed by atoms with Gasteiger partial charge in [-0.1, -0.05) is 6.07 Å². The summed E-state index contributed by atoms with van der Waals surface area (Å²) < 4.78 is 2.61. The van der Waals surface area contributed by atoms with Crippen LogP contribution in [0.4, 0.5) is 11.4 Å². The molecule has 1 aromatic carbocycles. The Labute approximate surface area is 108 Å². The number of rotatable bonds is 3. The Bertz CT molecular complexity index is 568. The highest BCUT2D eigenvalue weighted by atomic mass is 79.9. The van der Waals surface area contributed by atoms with Crippen LogP contribution >= 0.6 is 15.9 Å². The monoisotopic (exact) mass is 290 g/mol. The first kappa shape index (κ1) is 11.7. The molecule has 0 unspecified atom stereocenters. The highest BCUT2D eigenvalue weighted by Crippen LogP contribution is 2.26. The van der Waals surface area contributed by atoms with Gasteiger partial charge in [-0.3, -0.25) is 4.68 Å². The smallest absolute Gasteiger partial charge is 0.103 e. The standard InChI is InChI=1S/C12H11BrN4/c1-2-17-8-9(7-15-17)16-12-5-3-4-11(13)10(12)6-14/h3-5,7-8,16H,2H2,1H3. The van der Waals surface area contributed by atoms with Crippen LogP contribution < -0.4 is 5.32 Å². The van der Waals surface area contributed by atoms with Crippen LogP contribution in [-0.4, -0.2) is 9.78 Å². The molecule has 0 aliphatic carbocycles. The number of hydrogen-bond acceptors (Lipinski definition) is 3. The van der Waals surface area contributed by atoms with Crippen molar-refractivity contribution in [2.75, 3.05) is 5.32 Å². The second-order valence-electron chi connectivity index (χ2n) is 3.48. The highest BCUT2D eigenvalue weighted by molar-refractivity contribution is 9.10. The molecule has 0 aliphatic heterocycles. The molecule has 0 aliphatic rings. The van der Waals surface area contributed by atoms with Crippen LogP contribution in [0.2, 0.25) is 0 Å². The predicted molar refractivity (Wildman–Crippen MR) is 70.0 cm³/mol. The van der Waals surface area contributed by atoms with Gasteiger partial charge in [0.25, 0.3) is 0 Å². The van der Waals surface area contributed by atoms with Crippen molar-refractivity contribution < 1.29 is 0 Å². The predicted octanol–water partition coefficient (Wildman–Crippen LogP) is 3.28. The topological polar surface area (TPSA) is 53.6 Å². The largest absolute Gasteiger partial charge is 0.352 e. The van der Waals surface area contributed by atoms with Crippen molar-refractivity contribution in [1.82, 2.24) is 9.78 Å². The van der Waals surface area contributed by atoms with E-state index in [0.29, 0.717) is 5.56 Å². The van der Waals surface area contributed by atoms with Gasteiger partial charge in [-0.15, -0.1) is 0 Å². The van der Waals surface area contributed by atoms with Gasteiger partial charge in [-0.05, 0) is 35.0 Å². The third-order valence-corrected chi connectivity index (χ3v) is 3.02. The molecular weight excluding hydrogens is 280 g/mol. The molecule has 0 saturated heterocycles. The van der Waals surface area contributed by atoms with Crippen LogP contribution in [0, 0.1) is 11.3 Å². The maximum atomic E-state index is 9.09. The minimum Gasteiger partial charge on any atom is -0.352 e. The molecule has 2 aromatic rings. The Morgan fingerprint density at radius 1 is 1.53 bits per heavy atom. The fourth-order valence-corrected chi connectivity index (χ4v) is 1.95. The van der Waals surface area contributed by atoms with Crippen molar-refractivity contribution >= 4 is 27.3 Å². The molecule has 0 amide bonds. The molecule has 1 heterocycles. The molecule has 1 N–H and O–H groups in total. The van der Waals surface area contributed by atoms with Gasteiger partial charge >= 0.3 is 0 Å². The number of nitriles is 1. The average Bonchev–Trinajstić information content (AvgIpc) is 2.77. The lowest BCUT2D eigenvalue weighted by molar-refractivity contribution is 0.660. The fourth-order valence-electron chi connectivity index (χ4n) is 1.50. The zero-order valence-corrected chi connectivity index (χ0v) is 10.9. The normalized spacial score (nSPS) is 9.94. The van der Waals surface area contributed by atoms with Crippen LogP contribution in [-0.2, 0) is 6.54 Å². The first-order valence-electron chi connectivity index (χ1n) is 5.22. The number of halogens is 1. The molecule has 0 fully saturated rings. The molecule has 0 bridgehead atoms. The van der Waals surface area contributed by atoms with Gasteiger partial charge < -0.3 is 5.32 Å². The lowest BCUT2D eigenvalue weighted by Gasteiger charge is -2.06. The van der Waals surface area contributed by atoms with Gasteiger partial charge in [0, 0.05) is 17.2 Å². The van der Waals surface area contributed by atoms with Gasteiger partial charge in [-0.2, -0.15) is 10.4 Å². The number of anilines is 2. The summed E-state index contributed by atoms with van der Waals surface area (Å²) in [6.45, 7) is 2.85. The van der Waals surface area contributed by atoms with E-state index in [1.807, 2.05) is 36.0 Å². The Balaban J connectivity index is 2.30. The third-order valence-electron chi connectivity index (χ3n) is 2.36. The minimum absolute atomic E-state index is 0.594. The zero-order chi connectivity index (χ0) is 12.3. The third kappa shape index (κ3) is 2.48. The summed E-state index contributed by atoms with van der Waals surface area (Å²) in [5.41, 5.74) is 2.25. The fraction of sp³-hybridized carbons (Fsp3) is 0.167. The van der Waals surface area contributed by atoms with Gasteiger partial charge in [0.1, 0.15) is 6.07 Å². The number of nitrogens with zero attached hydrogens (tertiary/aromatic N) is 3. The lowest BCUT2D eigenvalue weighted by atomic mass is 10.2. The molecule has 4 nitrogen and oxygen atoms in total. The molecular formula is C12H11BrN4. The van der Waals surface area contributed by atoms with Gasteiger partial charge in [0.15, 0.2) is 0 Å². The van der Waals surface area contributed by atoms with E-state index < -0.39 is 0 Å². The molecule has 2 rings (SSSR count). The molecule has 5 heteroatoms. The zero-order valence-electron chi connectivity index (χ0n) is 9.31. The van der Waals surface area contributed by atoms with Crippen molar-refractivity contribution in [3.63, 3.8) is 0 Å². The molecule has 1 aromatic heterocycles. The summed E-state index contributed by atoms with van der Waals surface area (Å²) in [6, 6.07) is 7.77. The minimum atomic E-state index is 0.594. The maximum absolute atomic E-state index is 9.09. The second-order valence-corrected chi connectivity index (χ2v) is 4.34. The van der Waals surface area contributed by atoms with Crippen molar-refractivity contribution in [3.8, 4) is 6.07 Å². The summed E-state index contributed by atoms with van der Waals surface area (Å²) in [6.07, 6.45) is 3.65. The van der Waals surface area contributed by atoms with Gasteiger partial charge in [-0.25, -0.2) is 0 Å². The van der Waals surface area contributed by atoms with Crippen LogP contribution in [0.5, 0.6) is 0 Å². The Morgan fingerprint density at radius 2 is 2.35 bits per heavy atom. The van der Waals surface area contributed by atoms with E-state index in [9.17, 15) is 0 Å². The molecule has 0 saturated carbocycles. The number of aromatic nitrogens is 2. The molecule has 0 spiro atoms. The van der Waals surface area contributed by atoms with E-state index in [1.54, 1.807) is 6.20 Å². The first-order valence-corrected chi connectivity index (χ1v) is 6.02. The van der Waals surface area contributed by atoms with Crippen LogP contribution in [0.25, 0.3) is 0 Å².